The van der Waals surface area contributed by atoms with Crippen molar-refractivity contribution in [2.75, 3.05) is 12.8 Å². The van der Waals surface area contributed by atoms with Crippen LogP contribution in [0, 0.1) is 15.9 Å². The highest BCUT2D eigenvalue weighted by molar-refractivity contribution is 7.99. The highest BCUT2D eigenvalue weighted by atomic mass is 32.2. The van der Waals surface area contributed by atoms with Crippen LogP contribution < -0.4 is 5.32 Å². The molecule has 2 amide bonds. The van der Waals surface area contributed by atoms with Crippen molar-refractivity contribution < 1.29 is 18.9 Å². The first-order chi connectivity index (χ1) is 13.8. The van der Waals surface area contributed by atoms with Gasteiger partial charge in [-0.2, -0.15) is 0 Å². The smallest absolute Gasteiger partial charge is 0.269 e. The Morgan fingerprint density at radius 3 is 2.28 bits per heavy atom. The number of thioether (sulfide) groups is 1. The highest BCUT2D eigenvalue weighted by Crippen LogP contribution is 2.18. The zero-order valence-corrected chi connectivity index (χ0v) is 16.9. The third-order valence-corrected chi connectivity index (χ3v) is 5.31. The monoisotopic (exact) mass is 419 g/mol. The van der Waals surface area contributed by atoms with E-state index in [-0.39, 0.29) is 35.6 Å². The van der Waals surface area contributed by atoms with Crippen LogP contribution in [0.3, 0.4) is 0 Å². The van der Waals surface area contributed by atoms with Crippen molar-refractivity contribution in [1.29, 1.82) is 0 Å². The van der Waals surface area contributed by atoms with Crippen LogP contribution in [-0.4, -0.2) is 40.5 Å². The van der Waals surface area contributed by atoms with Crippen molar-refractivity contribution in [2.45, 2.75) is 25.3 Å². The first-order valence-electron chi connectivity index (χ1n) is 8.88. The van der Waals surface area contributed by atoms with Gasteiger partial charge in [0.15, 0.2) is 0 Å². The lowest BCUT2D eigenvalue weighted by Gasteiger charge is -2.28. The Morgan fingerprint density at radius 1 is 1.14 bits per heavy atom. The molecule has 0 bridgehead atoms. The number of nitrogens with one attached hydrogen (secondary N) is 1. The summed E-state index contributed by atoms with van der Waals surface area (Å²) in [6, 6.07) is 11.2. The lowest BCUT2D eigenvalue weighted by Crippen LogP contribution is -2.47. The molecule has 0 spiro atoms. The summed E-state index contributed by atoms with van der Waals surface area (Å²) < 4.78 is 13.1. The average Bonchev–Trinajstić information content (AvgIpc) is 2.72. The highest BCUT2D eigenvalue weighted by Gasteiger charge is 2.25. The number of hydrogen-bond donors (Lipinski definition) is 1. The summed E-state index contributed by atoms with van der Waals surface area (Å²) in [5.74, 6) is -0.245. The largest absolute Gasteiger partial charge is 0.357 e. The van der Waals surface area contributed by atoms with E-state index in [0.717, 1.165) is 11.1 Å². The summed E-state index contributed by atoms with van der Waals surface area (Å²) in [5, 5.41) is 13.2. The van der Waals surface area contributed by atoms with E-state index < -0.39 is 11.0 Å². The van der Waals surface area contributed by atoms with E-state index in [1.165, 1.54) is 48.0 Å². The second-order valence-electron chi connectivity index (χ2n) is 6.35. The third-order valence-electron chi connectivity index (χ3n) is 4.32. The topological polar surface area (TPSA) is 92.6 Å². The molecule has 1 unspecified atom stereocenters. The SMILES string of the molecule is CNC(=O)C(C)N(Cc1ccc(F)cc1)C(=O)CSCc1ccc([N+](=O)[O-])cc1. The summed E-state index contributed by atoms with van der Waals surface area (Å²) in [5.41, 5.74) is 1.59. The van der Waals surface area contributed by atoms with E-state index >= 15 is 0 Å². The number of benzene rings is 2. The van der Waals surface area contributed by atoms with Gasteiger partial charge < -0.3 is 10.2 Å². The van der Waals surface area contributed by atoms with Crippen LogP contribution >= 0.6 is 11.8 Å². The van der Waals surface area contributed by atoms with Gasteiger partial charge in [-0.25, -0.2) is 4.39 Å². The number of likely N-dealkylation sites (N-methyl/N-ethyl adjacent to an activating group) is 1. The van der Waals surface area contributed by atoms with Crippen molar-refractivity contribution >= 4 is 29.3 Å². The number of hydrogen-bond acceptors (Lipinski definition) is 5. The van der Waals surface area contributed by atoms with Gasteiger partial charge in [-0.3, -0.25) is 19.7 Å². The predicted molar refractivity (Wildman–Crippen MR) is 110 cm³/mol. The molecule has 7 nitrogen and oxygen atoms in total. The minimum atomic E-state index is -0.683. The molecule has 9 heteroatoms. The Labute approximate surface area is 172 Å². The first kappa shape index (κ1) is 22.4. The van der Waals surface area contributed by atoms with Gasteiger partial charge in [-0.1, -0.05) is 24.3 Å². The number of carbonyl (C=O) groups excluding carboxylic acids is 2. The molecule has 1 atom stereocenters. The van der Waals surface area contributed by atoms with Crippen LogP contribution in [0.4, 0.5) is 10.1 Å². The molecule has 0 aromatic heterocycles. The molecule has 154 valence electrons. The number of rotatable bonds is 9. The minimum absolute atomic E-state index is 0.0136. The Kier molecular flexibility index (Phi) is 8.14. The summed E-state index contributed by atoms with van der Waals surface area (Å²) in [4.78, 5) is 36.5. The zero-order chi connectivity index (χ0) is 21.4. The number of carbonyl (C=O) groups is 2. The van der Waals surface area contributed by atoms with E-state index in [2.05, 4.69) is 5.32 Å². The van der Waals surface area contributed by atoms with Crippen LogP contribution in [0.15, 0.2) is 48.5 Å². The van der Waals surface area contributed by atoms with Crippen LogP contribution in [0.5, 0.6) is 0 Å². The molecule has 0 fully saturated rings. The lowest BCUT2D eigenvalue weighted by molar-refractivity contribution is -0.384. The second-order valence-corrected chi connectivity index (χ2v) is 7.34. The quantitative estimate of drug-likeness (QED) is 0.498. The fraction of sp³-hybridized carbons (Fsp3) is 0.300. The summed E-state index contributed by atoms with van der Waals surface area (Å²) in [6.07, 6.45) is 0. The van der Waals surface area contributed by atoms with Gasteiger partial charge in [0.2, 0.25) is 11.8 Å². The number of non-ortho nitro benzene ring substituents is 1. The summed E-state index contributed by atoms with van der Waals surface area (Å²) in [6.45, 7) is 1.83. The van der Waals surface area contributed by atoms with Gasteiger partial charge in [-0.15, -0.1) is 11.8 Å². The fourth-order valence-electron chi connectivity index (χ4n) is 2.63. The molecule has 29 heavy (non-hydrogen) atoms. The predicted octanol–water partition coefficient (Wildman–Crippen LogP) is 3.13. The fourth-order valence-corrected chi connectivity index (χ4v) is 3.50. The third kappa shape index (κ3) is 6.56. The Morgan fingerprint density at radius 2 is 1.72 bits per heavy atom. The van der Waals surface area contributed by atoms with Crippen molar-refractivity contribution in [2.24, 2.45) is 0 Å². The number of amides is 2. The first-order valence-corrected chi connectivity index (χ1v) is 10.0. The standard InChI is InChI=1S/C20H22FN3O4S/c1-14(20(26)22-2)23(11-15-3-7-17(21)8-4-15)19(25)13-29-12-16-5-9-18(10-6-16)24(27)28/h3-10,14H,11-13H2,1-2H3,(H,22,26). The zero-order valence-electron chi connectivity index (χ0n) is 16.1. The van der Waals surface area contributed by atoms with Gasteiger partial charge in [0.05, 0.1) is 10.7 Å². The molecule has 1 N–H and O–H groups in total. The van der Waals surface area contributed by atoms with Crippen LogP contribution in [-0.2, 0) is 21.9 Å². The number of nitro groups is 1. The van der Waals surface area contributed by atoms with Crippen LogP contribution in [0.2, 0.25) is 0 Å². The van der Waals surface area contributed by atoms with E-state index in [0.29, 0.717) is 5.75 Å². The maximum Gasteiger partial charge on any atom is 0.269 e. The summed E-state index contributed by atoms with van der Waals surface area (Å²) >= 11 is 1.35. The number of nitro benzene ring substituents is 1. The van der Waals surface area contributed by atoms with E-state index in [1.54, 1.807) is 31.2 Å². The average molecular weight is 419 g/mol. The van der Waals surface area contributed by atoms with Gasteiger partial charge in [0.1, 0.15) is 11.9 Å². The molecule has 2 aromatic carbocycles. The normalized spacial score (nSPS) is 11.6. The molecular weight excluding hydrogens is 397 g/mol. The van der Waals surface area contributed by atoms with Crippen molar-refractivity contribution in [3.05, 3.63) is 75.6 Å². The molecule has 0 heterocycles. The van der Waals surface area contributed by atoms with E-state index in [1.807, 2.05) is 0 Å². The van der Waals surface area contributed by atoms with Gasteiger partial charge in [0, 0.05) is 31.5 Å². The molecule has 0 saturated heterocycles. The lowest BCUT2D eigenvalue weighted by atomic mass is 10.1. The molecule has 2 aromatic rings. The van der Waals surface area contributed by atoms with Crippen molar-refractivity contribution in [3.8, 4) is 0 Å². The van der Waals surface area contributed by atoms with Crippen molar-refractivity contribution in [1.82, 2.24) is 10.2 Å². The molecule has 0 radical (unpaired) electrons. The Bertz CT molecular complexity index is 859. The second kappa shape index (κ2) is 10.6. The maximum atomic E-state index is 13.1. The molecule has 0 aliphatic carbocycles. The molecule has 0 aliphatic heterocycles. The van der Waals surface area contributed by atoms with Crippen molar-refractivity contribution in [3.63, 3.8) is 0 Å². The van der Waals surface area contributed by atoms with Gasteiger partial charge in [-0.05, 0) is 30.2 Å². The molecule has 0 saturated carbocycles. The number of halogens is 1. The molecular formula is C20H22FN3O4S. The van der Waals surface area contributed by atoms with Crippen LogP contribution in [0.25, 0.3) is 0 Å². The molecule has 2 rings (SSSR count). The van der Waals surface area contributed by atoms with E-state index in [4.69, 9.17) is 0 Å². The Balaban J connectivity index is 2.01. The van der Waals surface area contributed by atoms with Gasteiger partial charge >= 0.3 is 0 Å². The minimum Gasteiger partial charge on any atom is -0.357 e. The summed E-state index contributed by atoms with van der Waals surface area (Å²) in [7, 11) is 1.50. The van der Waals surface area contributed by atoms with Crippen LogP contribution in [0.1, 0.15) is 18.1 Å². The Hall–Kier alpha value is -2.94. The van der Waals surface area contributed by atoms with E-state index in [9.17, 15) is 24.1 Å². The maximum absolute atomic E-state index is 13.1. The number of nitrogens with zero attached hydrogens (tertiary/aromatic N) is 2. The molecule has 0 aliphatic rings. The van der Waals surface area contributed by atoms with Gasteiger partial charge in [0.25, 0.3) is 5.69 Å².